The molecule has 0 saturated carbocycles. The number of aryl methyl sites for hydroxylation is 1. The number of benzene rings is 1. The molecule has 20 heavy (non-hydrogen) atoms. The molecule has 0 amide bonds. The minimum absolute atomic E-state index is 0.398. The van der Waals surface area contributed by atoms with Gasteiger partial charge in [0.1, 0.15) is 5.75 Å². The summed E-state index contributed by atoms with van der Waals surface area (Å²) in [6, 6.07) is 5.24. The largest absolute Gasteiger partial charge is 0.496 e. The molecular weight excluding hydrogens is 280 g/mol. The fourth-order valence-electron chi connectivity index (χ4n) is 1.84. The third-order valence-electron chi connectivity index (χ3n) is 2.78. The molecule has 0 N–H and O–H groups in total. The van der Waals surface area contributed by atoms with Crippen molar-refractivity contribution in [2.45, 2.75) is 0 Å². The predicted octanol–water partition coefficient (Wildman–Crippen LogP) is 2.80. The monoisotopic (exact) mass is 290 g/mol. The molecule has 2 heterocycles. The molecule has 3 aromatic rings. The lowest BCUT2D eigenvalue weighted by Gasteiger charge is -2.04. The van der Waals surface area contributed by atoms with Crippen LogP contribution in [-0.4, -0.2) is 27.0 Å². The highest BCUT2D eigenvalue weighted by atomic mass is 35.5. The van der Waals surface area contributed by atoms with Gasteiger partial charge in [-0.15, -0.1) is 0 Å². The van der Waals surface area contributed by atoms with Crippen molar-refractivity contribution in [3.05, 3.63) is 35.6 Å². The van der Waals surface area contributed by atoms with Crippen molar-refractivity contribution >= 4 is 11.6 Å². The second kappa shape index (κ2) is 4.97. The normalized spacial score (nSPS) is 10.8. The summed E-state index contributed by atoms with van der Waals surface area (Å²) in [5.74, 6) is 1.45. The average molecular weight is 291 g/mol. The van der Waals surface area contributed by atoms with Crippen molar-refractivity contribution < 1.29 is 9.26 Å². The van der Waals surface area contributed by atoms with Gasteiger partial charge < -0.3 is 9.26 Å². The van der Waals surface area contributed by atoms with E-state index in [1.54, 1.807) is 42.4 Å². The van der Waals surface area contributed by atoms with Crippen molar-refractivity contribution in [1.82, 2.24) is 19.9 Å². The fraction of sp³-hybridized carbons (Fsp3) is 0.154. The summed E-state index contributed by atoms with van der Waals surface area (Å²) >= 11 is 6.00. The third-order valence-corrected chi connectivity index (χ3v) is 3.02. The third kappa shape index (κ3) is 2.25. The first-order chi connectivity index (χ1) is 9.67. The van der Waals surface area contributed by atoms with Crippen LogP contribution in [-0.2, 0) is 7.05 Å². The lowest BCUT2D eigenvalue weighted by molar-refractivity contribution is 0.413. The number of halogens is 1. The molecular formula is C13H11ClN4O2. The number of methoxy groups -OCH3 is 1. The van der Waals surface area contributed by atoms with Crippen molar-refractivity contribution in [3.8, 4) is 28.6 Å². The molecule has 7 heteroatoms. The number of hydrogen-bond acceptors (Lipinski definition) is 5. The molecule has 0 spiro atoms. The topological polar surface area (TPSA) is 66.0 Å². The molecule has 0 atom stereocenters. The molecule has 6 nitrogen and oxygen atoms in total. The van der Waals surface area contributed by atoms with Crippen LogP contribution in [0.4, 0.5) is 0 Å². The van der Waals surface area contributed by atoms with E-state index in [2.05, 4.69) is 15.2 Å². The summed E-state index contributed by atoms with van der Waals surface area (Å²) < 4.78 is 12.2. The number of nitrogens with zero attached hydrogens (tertiary/aromatic N) is 4. The van der Waals surface area contributed by atoms with E-state index in [1.807, 2.05) is 7.05 Å². The molecule has 0 bridgehead atoms. The van der Waals surface area contributed by atoms with Crippen molar-refractivity contribution in [2.75, 3.05) is 7.11 Å². The predicted molar refractivity (Wildman–Crippen MR) is 73.5 cm³/mol. The summed E-state index contributed by atoms with van der Waals surface area (Å²) in [5, 5.41) is 8.60. The number of ether oxygens (including phenoxy) is 1. The van der Waals surface area contributed by atoms with Gasteiger partial charge in [0, 0.05) is 18.3 Å². The van der Waals surface area contributed by atoms with E-state index >= 15 is 0 Å². The molecule has 0 radical (unpaired) electrons. The maximum Gasteiger partial charge on any atom is 0.261 e. The zero-order valence-electron chi connectivity index (χ0n) is 10.9. The van der Waals surface area contributed by atoms with Gasteiger partial charge in [-0.05, 0) is 18.2 Å². The first-order valence-electron chi connectivity index (χ1n) is 5.84. The molecule has 1 aromatic carbocycles. The Kier molecular flexibility index (Phi) is 3.15. The minimum Gasteiger partial charge on any atom is -0.496 e. The van der Waals surface area contributed by atoms with Crippen molar-refractivity contribution in [1.29, 1.82) is 0 Å². The maximum atomic E-state index is 6.00. The van der Waals surface area contributed by atoms with Gasteiger partial charge >= 0.3 is 0 Å². The first-order valence-corrected chi connectivity index (χ1v) is 6.22. The van der Waals surface area contributed by atoms with Crippen LogP contribution < -0.4 is 4.74 Å². The maximum absolute atomic E-state index is 6.00. The molecule has 0 unspecified atom stereocenters. The summed E-state index contributed by atoms with van der Waals surface area (Å²) in [7, 11) is 3.40. The summed E-state index contributed by atoms with van der Waals surface area (Å²) in [6.45, 7) is 0. The summed E-state index contributed by atoms with van der Waals surface area (Å²) in [5.41, 5.74) is 1.44. The molecule has 102 valence electrons. The Morgan fingerprint density at radius 1 is 1.35 bits per heavy atom. The van der Waals surface area contributed by atoms with E-state index in [9.17, 15) is 0 Å². The van der Waals surface area contributed by atoms with Gasteiger partial charge in [-0.25, -0.2) is 0 Å². The van der Waals surface area contributed by atoms with E-state index in [0.717, 1.165) is 5.56 Å². The quantitative estimate of drug-likeness (QED) is 0.742. The van der Waals surface area contributed by atoms with Gasteiger partial charge in [-0.2, -0.15) is 10.1 Å². The minimum atomic E-state index is 0.398. The Labute approximate surface area is 119 Å². The van der Waals surface area contributed by atoms with E-state index in [4.69, 9.17) is 20.9 Å². The lowest BCUT2D eigenvalue weighted by atomic mass is 10.2. The van der Waals surface area contributed by atoms with E-state index < -0.39 is 0 Å². The second-order valence-electron chi connectivity index (χ2n) is 4.17. The zero-order valence-corrected chi connectivity index (χ0v) is 11.6. The smallest absolute Gasteiger partial charge is 0.261 e. The highest BCUT2D eigenvalue weighted by Gasteiger charge is 2.15. The summed E-state index contributed by atoms with van der Waals surface area (Å²) in [6.07, 6.45) is 3.46. The highest BCUT2D eigenvalue weighted by molar-refractivity contribution is 6.30. The van der Waals surface area contributed by atoms with Crippen LogP contribution >= 0.6 is 11.6 Å². The number of hydrogen-bond donors (Lipinski definition) is 0. The Hall–Kier alpha value is -2.34. The summed E-state index contributed by atoms with van der Waals surface area (Å²) in [4.78, 5) is 4.34. The van der Waals surface area contributed by atoms with Crippen LogP contribution in [0.25, 0.3) is 22.8 Å². The van der Waals surface area contributed by atoms with Crippen molar-refractivity contribution in [2.24, 2.45) is 7.05 Å². The van der Waals surface area contributed by atoms with Gasteiger partial charge in [-0.3, -0.25) is 4.68 Å². The molecule has 0 fully saturated rings. The zero-order chi connectivity index (χ0) is 14.1. The molecule has 0 aliphatic heterocycles. The molecule has 2 aromatic heterocycles. The van der Waals surface area contributed by atoms with E-state index in [1.165, 1.54) is 0 Å². The van der Waals surface area contributed by atoms with Gasteiger partial charge in [-0.1, -0.05) is 16.8 Å². The van der Waals surface area contributed by atoms with Gasteiger partial charge in [0.05, 0.1) is 24.4 Å². The van der Waals surface area contributed by atoms with E-state index in [-0.39, 0.29) is 0 Å². The Morgan fingerprint density at radius 3 is 2.90 bits per heavy atom. The Balaban J connectivity index is 2.04. The number of aromatic nitrogens is 4. The van der Waals surface area contributed by atoms with Crippen LogP contribution in [0.15, 0.2) is 35.1 Å². The van der Waals surface area contributed by atoms with E-state index in [0.29, 0.717) is 28.1 Å². The Morgan fingerprint density at radius 2 is 2.20 bits per heavy atom. The molecule has 0 aliphatic carbocycles. The van der Waals surface area contributed by atoms with Crippen molar-refractivity contribution in [3.63, 3.8) is 0 Å². The Bertz CT molecular complexity index is 750. The highest BCUT2D eigenvalue weighted by Crippen LogP contribution is 2.31. The van der Waals surface area contributed by atoms with Gasteiger partial charge in [0.25, 0.3) is 5.89 Å². The van der Waals surface area contributed by atoms with Crippen LogP contribution in [0.5, 0.6) is 5.75 Å². The SMILES string of the molecule is COc1ccc(Cl)cc1-c1noc(-c2cnn(C)c2)n1. The molecule has 0 saturated heterocycles. The van der Waals surface area contributed by atoms with Crippen LogP contribution in [0.2, 0.25) is 5.02 Å². The van der Waals surface area contributed by atoms with Gasteiger partial charge in [0.15, 0.2) is 0 Å². The molecule has 0 aliphatic rings. The standard InChI is InChI=1S/C13H11ClN4O2/c1-18-7-8(6-15-18)13-16-12(17-20-13)10-5-9(14)3-4-11(10)19-2/h3-7H,1-2H3. The first kappa shape index (κ1) is 12.7. The number of rotatable bonds is 3. The second-order valence-corrected chi connectivity index (χ2v) is 4.61. The van der Waals surface area contributed by atoms with Crippen LogP contribution in [0, 0.1) is 0 Å². The van der Waals surface area contributed by atoms with Crippen LogP contribution in [0.1, 0.15) is 0 Å². The van der Waals surface area contributed by atoms with Gasteiger partial charge in [0.2, 0.25) is 5.82 Å². The lowest BCUT2D eigenvalue weighted by Crippen LogP contribution is -1.89. The molecule has 3 rings (SSSR count). The average Bonchev–Trinajstić information content (AvgIpc) is 3.07. The fourth-order valence-corrected chi connectivity index (χ4v) is 2.01. The van der Waals surface area contributed by atoms with Crippen LogP contribution in [0.3, 0.4) is 0 Å².